The molecule has 1 aromatic rings. The molecule has 130 valence electrons. The van der Waals surface area contributed by atoms with Gasteiger partial charge < -0.3 is 10.0 Å². The third-order valence-electron chi connectivity index (χ3n) is 5.38. The molecule has 0 aromatic heterocycles. The summed E-state index contributed by atoms with van der Waals surface area (Å²) in [5, 5.41) is 11.4. The first kappa shape index (κ1) is 17.3. The Morgan fingerprint density at radius 1 is 1.33 bits per heavy atom. The molecule has 8 heteroatoms. The van der Waals surface area contributed by atoms with E-state index >= 15 is 0 Å². The number of carbonyl (C=O) groups is 2. The van der Waals surface area contributed by atoms with Gasteiger partial charge in [-0.15, -0.1) is 0 Å². The highest BCUT2D eigenvalue weighted by Crippen LogP contribution is 2.69. The maximum Gasteiger partial charge on any atom is 0.407 e. The number of likely N-dealkylation sites (tertiary alicyclic amines) is 1. The van der Waals surface area contributed by atoms with Gasteiger partial charge in [0.1, 0.15) is 0 Å². The van der Waals surface area contributed by atoms with E-state index in [4.69, 9.17) is 28.0 Å². The number of rotatable bonds is 3. The molecule has 1 saturated heterocycles. The molecule has 2 fully saturated rings. The molecular weight excluding hydrogens is 355 g/mol. The van der Waals surface area contributed by atoms with Gasteiger partial charge in [-0.05, 0) is 30.5 Å². The minimum atomic E-state index is -1.02. The minimum absolute atomic E-state index is 0.148. The smallest absolute Gasteiger partial charge is 0.407 e. The molecule has 3 rings (SSSR count). The van der Waals surface area contributed by atoms with Gasteiger partial charge in [-0.3, -0.25) is 9.63 Å². The summed E-state index contributed by atoms with van der Waals surface area (Å²) in [4.78, 5) is 30.6. The molecule has 1 N–H and O–H groups in total. The number of fused-ring (bicyclic) bond motifs is 1. The zero-order chi connectivity index (χ0) is 17.7. The first-order valence-corrected chi connectivity index (χ1v) is 8.29. The molecule has 0 radical (unpaired) electrons. The summed E-state index contributed by atoms with van der Waals surface area (Å²) >= 11 is 12.2. The highest BCUT2D eigenvalue weighted by Gasteiger charge is 2.75. The third kappa shape index (κ3) is 2.36. The lowest BCUT2D eigenvalue weighted by Crippen LogP contribution is -2.50. The monoisotopic (exact) mass is 372 g/mol. The predicted molar refractivity (Wildman–Crippen MR) is 89.2 cm³/mol. The summed E-state index contributed by atoms with van der Waals surface area (Å²) < 4.78 is 0. The Hall–Kier alpha value is -1.50. The predicted octanol–water partition coefficient (Wildman–Crippen LogP) is 3.02. The van der Waals surface area contributed by atoms with E-state index in [0.717, 1.165) is 5.56 Å². The van der Waals surface area contributed by atoms with E-state index in [2.05, 4.69) is 0 Å². The largest absolute Gasteiger partial charge is 0.465 e. The second kappa shape index (κ2) is 5.79. The normalized spacial score (nSPS) is 28.2. The van der Waals surface area contributed by atoms with Crippen LogP contribution >= 0.6 is 23.2 Å². The average Bonchev–Trinajstić information content (AvgIpc) is 3.26. The molecule has 1 aromatic carbocycles. The van der Waals surface area contributed by atoms with Gasteiger partial charge in [0.15, 0.2) is 0 Å². The zero-order valence-corrected chi connectivity index (χ0v) is 14.9. The van der Waals surface area contributed by atoms with Crippen molar-refractivity contribution in [3.63, 3.8) is 0 Å². The number of halogens is 2. The highest BCUT2D eigenvalue weighted by atomic mass is 35.5. The van der Waals surface area contributed by atoms with Crippen molar-refractivity contribution in [3.8, 4) is 0 Å². The van der Waals surface area contributed by atoms with E-state index in [1.165, 1.54) is 24.1 Å². The molecule has 2 amide bonds. The molecule has 2 atom stereocenters. The average molecular weight is 373 g/mol. The number of benzene rings is 1. The Balaban J connectivity index is 2.02. The fourth-order valence-electron chi connectivity index (χ4n) is 3.95. The van der Waals surface area contributed by atoms with Crippen LogP contribution in [0.25, 0.3) is 0 Å². The standard InChI is InChI=1S/C16H18Cl2N2O4/c1-19(24-2)13(21)16-8-15(16,5-6-20(9-16)14(22)23)10-3-4-11(17)12(18)7-10/h3-4,7H,5-6,8-9H2,1-2H3,(H,22,23)/t15-,16-/m0/s1. The molecule has 1 aliphatic heterocycles. The molecule has 0 bridgehead atoms. The summed E-state index contributed by atoms with van der Waals surface area (Å²) in [6, 6.07) is 5.36. The van der Waals surface area contributed by atoms with Crippen LogP contribution in [0, 0.1) is 5.41 Å². The number of carbonyl (C=O) groups excluding carboxylic acids is 1. The van der Waals surface area contributed by atoms with Crippen LogP contribution in [0.3, 0.4) is 0 Å². The van der Waals surface area contributed by atoms with E-state index < -0.39 is 16.9 Å². The topological polar surface area (TPSA) is 70.1 Å². The highest BCUT2D eigenvalue weighted by molar-refractivity contribution is 6.42. The number of hydrogen-bond donors (Lipinski definition) is 1. The minimum Gasteiger partial charge on any atom is -0.465 e. The number of hydrogen-bond acceptors (Lipinski definition) is 3. The van der Waals surface area contributed by atoms with Gasteiger partial charge in [0.2, 0.25) is 0 Å². The number of nitrogens with zero attached hydrogens (tertiary/aromatic N) is 2. The van der Waals surface area contributed by atoms with Crippen LogP contribution in [-0.2, 0) is 15.0 Å². The van der Waals surface area contributed by atoms with Crippen LogP contribution in [0.2, 0.25) is 10.0 Å². The van der Waals surface area contributed by atoms with Gasteiger partial charge in [-0.25, -0.2) is 9.86 Å². The Bertz CT molecular complexity index is 713. The summed E-state index contributed by atoms with van der Waals surface area (Å²) in [7, 11) is 2.95. The lowest BCUT2D eigenvalue weighted by molar-refractivity contribution is -0.177. The molecule has 0 spiro atoms. The third-order valence-corrected chi connectivity index (χ3v) is 6.11. The maximum atomic E-state index is 12.9. The SMILES string of the molecule is CON(C)C(=O)[C@]12CN(C(=O)O)CC[C@@]1(c1ccc(Cl)c(Cl)c1)C2. The van der Waals surface area contributed by atoms with E-state index in [9.17, 15) is 14.7 Å². The van der Waals surface area contributed by atoms with Crippen molar-refractivity contribution in [1.82, 2.24) is 9.96 Å². The van der Waals surface area contributed by atoms with Crippen molar-refractivity contribution >= 4 is 35.2 Å². The molecule has 24 heavy (non-hydrogen) atoms. The van der Waals surface area contributed by atoms with Gasteiger partial charge >= 0.3 is 6.09 Å². The van der Waals surface area contributed by atoms with Gasteiger partial charge in [0.25, 0.3) is 5.91 Å². The number of carboxylic acid groups (broad SMARTS) is 1. The maximum absolute atomic E-state index is 12.9. The molecule has 1 heterocycles. The quantitative estimate of drug-likeness (QED) is 0.827. The number of piperidine rings is 1. The molecule has 2 aliphatic rings. The van der Waals surface area contributed by atoms with Crippen molar-refractivity contribution in [3.05, 3.63) is 33.8 Å². The van der Waals surface area contributed by atoms with E-state index in [-0.39, 0.29) is 12.5 Å². The summed E-state index contributed by atoms with van der Waals surface area (Å²) in [5.41, 5.74) is -0.345. The second-order valence-electron chi connectivity index (χ2n) is 6.41. The summed E-state index contributed by atoms with van der Waals surface area (Å²) in [5.74, 6) is -0.220. The Morgan fingerprint density at radius 2 is 2.04 bits per heavy atom. The molecule has 1 aliphatic carbocycles. The van der Waals surface area contributed by atoms with Crippen LogP contribution in [-0.4, -0.2) is 54.3 Å². The summed E-state index contributed by atoms with van der Waals surface area (Å²) in [6.07, 6.45) is 0.103. The Kier molecular flexibility index (Phi) is 4.18. The van der Waals surface area contributed by atoms with Crippen molar-refractivity contribution in [2.45, 2.75) is 18.3 Å². The van der Waals surface area contributed by atoms with Crippen LogP contribution in [0.5, 0.6) is 0 Å². The fraction of sp³-hybridized carbons (Fsp3) is 0.500. The van der Waals surface area contributed by atoms with Crippen molar-refractivity contribution in [2.75, 3.05) is 27.2 Å². The Morgan fingerprint density at radius 3 is 2.62 bits per heavy atom. The van der Waals surface area contributed by atoms with Crippen molar-refractivity contribution < 1.29 is 19.5 Å². The molecular formula is C16H18Cl2N2O4. The van der Waals surface area contributed by atoms with Crippen molar-refractivity contribution in [2.24, 2.45) is 5.41 Å². The van der Waals surface area contributed by atoms with Crippen LogP contribution in [0.1, 0.15) is 18.4 Å². The molecule has 0 unspecified atom stereocenters. The lowest BCUT2D eigenvalue weighted by Gasteiger charge is -2.37. The van der Waals surface area contributed by atoms with E-state index in [0.29, 0.717) is 29.4 Å². The van der Waals surface area contributed by atoms with Crippen molar-refractivity contribution in [1.29, 1.82) is 0 Å². The second-order valence-corrected chi connectivity index (χ2v) is 7.22. The van der Waals surface area contributed by atoms with E-state index in [1.54, 1.807) is 12.1 Å². The van der Waals surface area contributed by atoms with Gasteiger partial charge in [-0.1, -0.05) is 29.3 Å². The lowest BCUT2D eigenvalue weighted by atomic mass is 9.79. The first-order chi connectivity index (χ1) is 11.3. The Labute approximate surface area is 149 Å². The van der Waals surface area contributed by atoms with Crippen LogP contribution in [0.4, 0.5) is 4.79 Å². The van der Waals surface area contributed by atoms with Gasteiger partial charge in [-0.2, -0.15) is 0 Å². The van der Waals surface area contributed by atoms with Crippen LogP contribution in [0.15, 0.2) is 18.2 Å². The summed E-state index contributed by atoms with van der Waals surface area (Å²) in [6.45, 7) is 0.524. The zero-order valence-electron chi connectivity index (χ0n) is 13.4. The van der Waals surface area contributed by atoms with E-state index in [1.807, 2.05) is 6.07 Å². The fourth-order valence-corrected chi connectivity index (χ4v) is 4.25. The number of amides is 2. The molecule has 1 saturated carbocycles. The number of hydroxylamine groups is 2. The molecule has 6 nitrogen and oxygen atoms in total. The van der Waals surface area contributed by atoms with Gasteiger partial charge in [0.05, 0.1) is 22.6 Å². The van der Waals surface area contributed by atoms with Crippen LogP contribution < -0.4 is 0 Å². The first-order valence-electron chi connectivity index (χ1n) is 7.53. The van der Waals surface area contributed by atoms with Gasteiger partial charge in [0, 0.05) is 25.6 Å².